The number of hydrogen-bond donors (Lipinski definition) is 0. The predicted molar refractivity (Wildman–Crippen MR) is 114 cm³/mol. The third kappa shape index (κ3) is 4.90. The van der Waals surface area contributed by atoms with Crippen molar-refractivity contribution in [1.29, 1.82) is 0 Å². The number of benzene rings is 2. The molecular formula is C25H29NO4. The first-order valence-corrected chi connectivity index (χ1v) is 10.8. The largest absolute Gasteiger partial charge is 0.464 e. The van der Waals surface area contributed by atoms with Gasteiger partial charge >= 0.3 is 11.9 Å². The quantitative estimate of drug-likeness (QED) is 0.655. The number of carbonyl (C=O) groups is 2. The highest BCUT2D eigenvalue weighted by Crippen LogP contribution is 2.36. The molecule has 2 aromatic carbocycles. The van der Waals surface area contributed by atoms with Crippen LogP contribution in [0.1, 0.15) is 42.7 Å². The van der Waals surface area contributed by atoms with Crippen LogP contribution in [-0.2, 0) is 25.5 Å². The second-order valence-corrected chi connectivity index (χ2v) is 8.39. The fourth-order valence-corrected chi connectivity index (χ4v) is 4.68. The number of esters is 2. The summed E-state index contributed by atoms with van der Waals surface area (Å²) in [4.78, 5) is 27.8. The maximum Gasteiger partial charge on any atom is 0.317 e. The van der Waals surface area contributed by atoms with Crippen molar-refractivity contribution in [2.45, 2.75) is 56.2 Å². The Hall–Kier alpha value is -2.66. The Morgan fingerprint density at radius 2 is 1.57 bits per heavy atom. The van der Waals surface area contributed by atoms with E-state index in [0.717, 1.165) is 24.0 Å². The lowest BCUT2D eigenvalue weighted by molar-refractivity contribution is -0.157. The third-order valence-electron chi connectivity index (χ3n) is 6.43. The summed E-state index contributed by atoms with van der Waals surface area (Å²) in [5, 5.41) is 0. The molecule has 158 valence electrons. The minimum absolute atomic E-state index is 0.00596. The molecule has 2 bridgehead atoms. The summed E-state index contributed by atoms with van der Waals surface area (Å²) >= 11 is 0. The van der Waals surface area contributed by atoms with Crippen molar-refractivity contribution in [3.8, 4) is 0 Å². The van der Waals surface area contributed by atoms with E-state index in [2.05, 4.69) is 11.9 Å². The minimum atomic E-state index is -0.608. The second-order valence-electron chi connectivity index (χ2n) is 8.39. The number of piperidine rings is 1. The molecule has 0 spiro atoms. The van der Waals surface area contributed by atoms with E-state index in [0.29, 0.717) is 12.1 Å². The molecule has 2 fully saturated rings. The van der Waals surface area contributed by atoms with Gasteiger partial charge in [0.25, 0.3) is 0 Å². The van der Waals surface area contributed by atoms with Gasteiger partial charge in [-0.15, -0.1) is 0 Å². The first kappa shape index (κ1) is 20.6. The SMILES string of the molecule is CN1[C@@H]2CC[C@H]1CC(OC(=O)C(COC(=O)Cc1ccccc1)c1ccccc1)C2. The summed E-state index contributed by atoms with van der Waals surface area (Å²) in [6, 6.07) is 19.9. The zero-order chi connectivity index (χ0) is 20.9. The average Bonchev–Trinajstić information content (AvgIpc) is 2.96. The maximum atomic E-state index is 13.1. The molecule has 0 amide bonds. The molecule has 2 saturated heterocycles. The van der Waals surface area contributed by atoms with Crippen LogP contribution >= 0.6 is 0 Å². The van der Waals surface area contributed by atoms with Crippen LogP contribution in [0.3, 0.4) is 0 Å². The zero-order valence-corrected chi connectivity index (χ0v) is 17.4. The Morgan fingerprint density at radius 3 is 2.20 bits per heavy atom. The highest BCUT2D eigenvalue weighted by Gasteiger charge is 2.40. The Morgan fingerprint density at radius 1 is 0.967 bits per heavy atom. The van der Waals surface area contributed by atoms with Gasteiger partial charge in [-0.25, -0.2) is 0 Å². The molecule has 0 saturated carbocycles. The highest BCUT2D eigenvalue weighted by atomic mass is 16.6. The highest BCUT2D eigenvalue weighted by molar-refractivity contribution is 5.79. The summed E-state index contributed by atoms with van der Waals surface area (Å²) in [5.74, 6) is -1.25. The van der Waals surface area contributed by atoms with E-state index in [1.165, 1.54) is 12.8 Å². The Kier molecular flexibility index (Phi) is 6.48. The summed E-state index contributed by atoms with van der Waals surface area (Å²) in [6.45, 7) is -0.00596. The minimum Gasteiger partial charge on any atom is -0.464 e. The third-order valence-corrected chi connectivity index (χ3v) is 6.43. The monoisotopic (exact) mass is 407 g/mol. The molecule has 0 aliphatic carbocycles. The van der Waals surface area contributed by atoms with Crippen molar-refractivity contribution < 1.29 is 19.1 Å². The fraction of sp³-hybridized carbons (Fsp3) is 0.440. The van der Waals surface area contributed by atoms with E-state index < -0.39 is 5.92 Å². The summed E-state index contributed by atoms with van der Waals surface area (Å²) in [7, 11) is 2.17. The predicted octanol–water partition coefficient (Wildman–Crippen LogP) is 3.72. The molecule has 5 nitrogen and oxygen atoms in total. The summed E-state index contributed by atoms with van der Waals surface area (Å²) in [5.41, 5.74) is 1.70. The number of hydrogen-bond acceptors (Lipinski definition) is 5. The van der Waals surface area contributed by atoms with E-state index in [9.17, 15) is 9.59 Å². The Bertz CT molecular complexity index is 840. The molecule has 0 N–H and O–H groups in total. The number of ether oxygens (including phenoxy) is 2. The van der Waals surface area contributed by atoms with E-state index in [1.807, 2.05) is 60.7 Å². The van der Waals surface area contributed by atoms with Gasteiger partial charge in [-0.2, -0.15) is 0 Å². The molecule has 2 aromatic rings. The molecule has 2 heterocycles. The van der Waals surface area contributed by atoms with Gasteiger partial charge in [0.15, 0.2) is 0 Å². The smallest absolute Gasteiger partial charge is 0.317 e. The topological polar surface area (TPSA) is 55.8 Å². The average molecular weight is 408 g/mol. The standard InChI is InChI=1S/C25H29NO4/c1-26-20-12-13-21(26)16-22(15-20)30-25(28)23(19-10-6-3-7-11-19)17-29-24(27)14-18-8-4-2-5-9-18/h2-11,20-23H,12-17H2,1H3/t20-,21+,22?,23?. The molecule has 5 heteroatoms. The Labute approximate surface area is 178 Å². The molecule has 2 aliphatic rings. The van der Waals surface area contributed by atoms with Gasteiger partial charge in [-0.05, 0) is 43.9 Å². The lowest BCUT2D eigenvalue weighted by atomic mass is 9.98. The van der Waals surface area contributed by atoms with Crippen LogP contribution in [0, 0.1) is 0 Å². The van der Waals surface area contributed by atoms with Crippen LogP contribution in [0.4, 0.5) is 0 Å². The molecule has 0 radical (unpaired) electrons. The first-order chi connectivity index (χ1) is 14.6. The van der Waals surface area contributed by atoms with Crippen LogP contribution in [-0.4, -0.2) is 48.7 Å². The summed E-state index contributed by atoms with van der Waals surface area (Å²) < 4.78 is 11.4. The number of carbonyl (C=O) groups excluding carboxylic acids is 2. The normalized spacial score (nSPS) is 24.2. The Balaban J connectivity index is 1.38. The van der Waals surface area contributed by atoms with E-state index in [-0.39, 0.29) is 31.1 Å². The van der Waals surface area contributed by atoms with E-state index in [1.54, 1.807) is 0 Å². The van der Waals surface area contributed by atoms with Crippen molar-refractivity contribution >= 4 is 11.9 Å². The first-order valence-electron chi connectivity index (χ1n) is 10.8. The van der Waals surface area contributed by atoms with Gasteiger partial charge < -0.3 is 14.4 Å². The maximum absolute atomic E-state index is 13.1. The van der Waals surface area contributed by atoms with Gasteiger partial charge in [0.05, 0.1) is 6.42 Å². The van der Waals surface area contributed by atoms with Gasteiger partial charge in [-0.3, -0.25) is 9.59 Å². The fourth-order valence-electron chi connectivity index (χ4n) is 4.68. The lowest BCUT2D eigenvalue weighted by Gasteiger charge is -2.36. The van der Waals surface area contributed by atoms with Gasteiger partial charge in [0.1, 0.15) is 18.6 Å². The van der Waals surface area contributed by atoms with Crippen molar-refractivity contribution in [2.75, 3.05) is 13.7 Å². The van der Waals surface area contributed by atoms with Crippen molar-refractivity contribution in [1.82, 2.24) is 4.90 Å². The molecular weight excluding hydrogens is 378 g/mol. The van der Waals surface area contributed by atoms with Crippen molar-refractivity contribution in [3.63, 3.8) is 0 Å². The molecule has 2 unspecified atom stereocenters. The van der Waals surface area contributed by atoms with Gasteiger partial charge in [0, 0.05) is 12.1 Å². The van der Waals surface area contributed by atoms with Gasteiger partial charge in [0.2, 0.25) is 0 Å². The molecule has 4 atom stereocenters. The molecule has 2 aliphatic heterocycles. The molecule has 4 rings (SSSR count). The zero-order valence-electron chi connectivity index (χ0n) is 17.4. The van der Waals surface area contributed by atoms with Crippen LogP contribution in [0.25, 0.3) is 0 Å². The number of rotatable bonds is 7. The molecule has 0 aromatic heterocycles. The van der Waals surface area contributed by atoms with Crippen LogP contribution in [0.15, 0.2) is 60.7 Å². The summed E-state index contributed by atoms with van der Waals surface area (Å²) in [6.07, 6.45) is 4.25. The lowest BCUT2D eigenvalue weighted by Crippen LogP contribution is -2.44. The van der Waals surface area contributed by atoms with E-state index >= 15 is 0 Å². The van der Waals surface area contributed by atoms with Crippen LogP contribution < -0.4 is 0 Å². The van der Waals surface area contributed by atoms with Crippen molar-refractivity contribution in [2.24, 2.45) is 0 Å². The van der Waals surface area contributed by atoms with E-state index in [4.69, 9.17) is 9.47 Å². The number of fused-ring (bicyclic) bond motifs is 2. The van der Waals surface area contributed by atoms with Crippen LogP contribution in [0.5, 0.6) is 0 Å². The van der Waals surface area contributed by atoms with Crippen LogP contribution in [0.2, 0.25) is 0 Å². The second kappa shape index (κ2) is 9.43. The number of nitrogens with zero attached hydrogens (tertiary/aromatic N) is 1. The molecule has 30 heavy (non-hydrogen) atoms. The van der Waals surface area contributed by atoms with Crippen molar-refractivity contribution in [3.05, 3.63) is 71.8 Å². The van der Waals surface area contributed by atoms with Gasteiger partial charge in [-0.1, -0.05) is 60.7 Å².